The predicted molar refractivity (Wildman–Crippen MR) is 77.0 cm³/mol. The highest BCUT2D eigenvalue weighted by atomic mass is 35.5. The van der Waals surface area contributed by atoms with Crippen LogP contribution in [-0.4, -0.2) is 10.6 Å². The van der Waals surface area contributed by atoms with E-state index in [0.717, 1.165) is 18.1 Å². The molecule has 1 aromatic carbocycles. The summed E-state index contributed by atoms with van der Waals surface area (Å²) in [5.74, 6) is 0. The number of rotatable bonds is 5. The summed E-state index contributed by atoms with van der Waals surface area (Å²) in [6.07, 6.45) is 2.12. The molecule has 1 N–H and O–H groups in total. The Labute approximate surface area is 114 Å². The van der Waals surface area contributed by atoms with Gasteiger partial charge in [0.2, 0.25) is 0 Å². The second kappa shape index (κ2) is 6.07. The highest BCUT2D eigenvalue weighted by Gasteiger charge is 2.02. The summed E-state index contributed by atoms with van der Waals surface area (Å²) < 4.78 is 2.26. The molecule has 0 saturated heterocycles. The third-order valence-corrected chi connectivity index (χ3v) is 3.13. The maximum atomic E-state index is 5.89. The molecule has 0 bridgehead atoms. The van der Waals surface area contributed by atoms with E-state index in [2.05, 4.69) is 54.2 Å². The molecular formula is C15H19ClN2. The number of aromatic nitrogens is 1. The minimum Gasteiger partial charge on any atom is -0.346 e. The van der Waals surface area contributed by atoms with Crippen molar-refractivity contribution in [2.24, 2.45) is 0 Å². The monoisotopic (exact) mass is 262 g/mol. The lowest BCUT2D eigenvalue weighted by atomic mass is 10.2. The molecule has 0 aliphatic rings. The highest BCUT2D eigenvalue weighted by molar-refractivity contribution is 6.30. The molecule has 0 fully saturated rings. The van der Waals surface area contributed by atoms with Crippen molar-refractivity contribution < 1.29 is 0 Å². The molecule has 0 amide bonds. The molecule has 96 valence electrons. The molecule has 18 heavy (non-hydrogen) atoms. The van der Waals surface area contributed by atoms with Gasteiger partial charge in [0.1, 0.15) is 0 Å². The van der Waals surface area contributed by atoms with Crippen LogP contribution >= 0.6 is 11.6 Å². The smallest absolute Gasteiger partial charge is 0.0473 e. The zero-order chi connectivity index (χ0) is 13.0. The van der Waals surface area contributed by atoms with Crippen molar-refractivity contribution in [3.63, 3.8) is 0 Å². The zero-order valence-corrected chi connectivity index (χ0v) is 11.6. The molecule has 3 heteroatoms. The van der Waals surface area contributed by atoms with E-state index in [1.165, 1.54) is 11.3 Å². The van der Waals surface area contributed by atoms with E-state index >= 15 is 0 Å². The van der Waals surface area contributed by atoms with E-state index in [1.807, 2.05) is 12.1 Å². The van der Waals surface area contributed by atoms with Crippen molar-refractivity contribution in [3.8, 4) is 0 Å². The largest absolute Gasteiger partial charge is 0.346 e. The Kier molecular flexibility index (Phi) is 4.45. The van der Waals surface area contributed by atoms with Gasteiger partial charge in [-0.15, -0.1) is 0 Å². The predicted octanol–water partition coefficient (Wildman–Crippen LogP) is 3.69. The number of hydrogen-bond donors (Lipinski definition) is 1. The maximum absolute atomic E-state index is 5.89. The number of hydrogen-bond acceptors (Lipinski definition) is 1. The molecule has 0 radical (unpaired) electrons. The standard InChI is InChI=1S/C15H19ClN2/c1-12(2)17-10-15-4-3-9-18(15)11-13-5-7-14(16)8-6-13/h3-9,12,17H,10-11H2,1-2H3. The summed E-state index contributed by atoms with van der Waals surface area (Å²) in [4.78, 5) is 0. The van der Waals surface area contributed by atoms with Crippen molar-refractivity contribution in [2.45, 2.75) is 33.0 Å². The molecule has 0 saturated carbocycles. The number of benzene rings is 1. The minimum absolute atomic E-state index is 0.504. The van der Waals surface area contributed by atoms with Crippen LogP contribution in [0, 0.1) is 0 Å². The van der Waals surface area contributed by atoms with Gasteiger partial charge in [-0.2, -0.15) is 0 Å². The van der Waals surface area contributed by atoms with Gasteiger partial charge in [-0.05, 0) is 29.8 Å². The normalized spacial score (nSPS) is 11.1. The lowest BCUT2D eigenvalue weighted by Gasteiger charge is -2.12. The Morgan fingerprint density at radius 2 is 1.89 bits per heavy atom. The number of nitrogens with zero attached hydrogens (tertiary/aromatic N) is 1. The van der Waals surface area contributed by atoms with Crippen LogP contribution in [0.5, 0.6) is 0 Å². The Hall–Kier alpha value is -1.25. The van der Waals surface area contributed by atoms with Crippen molar-refractivity contribution in [2.75, 3.05) is 0 Å². The first-order valence-electron chi connectivity index (χ1n) is 6.27. The number of halogens is 1. The summed E-state index contributed by atoms with van der Waals surface area (Å²) >= 11 is 5.89. The van der Waals surface area contributed by atoms with Gasteiger partial charge in [-0.3, -0.25) is 0 Å². The van der Waals surface area contributed by atoms with Crippen LogP contribution < -0.4 is 5.32 Å². The summed E-state index contributed by atoms with van der Waals surface area (Å²) in [7, 11) is 0. The Morgan fingerprint density at radius 1 is 1.17 bits per heavy atom. The van der Waals surface area contributed by atoms with Crippen LogP contribution in [-0.2, 0) is 13.1 Å². The fraction of sp³-hybridized carbons (Fsp3) is 0.333. The first-order chi connectivity index (χ1) is 8.65. The SMILES string of the molecule is CC(C)NCc1cccn1Cc1ccc(Cl)cc1. The summed E-state index contributed by atoms with van der Waals surface area (Å²) in [6.45, 7) is 6.11. The highest BCUT2D eigenvalue weighted by Crippen LogP contribution is 2.12. The fourth-order valence-electron chi connectivity index (χ4n) is 1.86. The first kappa shape index (κ1) is 13.2. The average Bonchev–Trinajstić information content (AvgIpc) is 2.77. The quantitative estimate of drug-likeness (QED) is 0.870. The molecule has 2 aromatic rings. The molecule has 0 aliphatic carbocycles. The van der Waals surface area contributed by atoms with Crippen molar-refractivity contribution >= 4 is 11.6 Å². The molecule has 1 aromatic heterocycles. The zero-order valence-electron chi connectivity index (χ0n) is 10.9. The van der Waals surface area contributed by atoms with Gasteiger partial charge in [0, 0.05) is 36.0 Å². The lowest BCUT2D eigenvalue weighted by molar-refractivity contribution is 0.564. The summed E-state index contributed by atoms with van der Waals surface area (Å²) in [5, 5.41) is 4.23. The van der Waals surface area contributed by atoms with Crippen molar-refractivity contribution in [1.82, 2.24) is 9.88 Å². The van der Waals surface area contributed by atoms with E-state index in [4.69, 9.17) is 11.6 Å². The van der Waals surface area contributed by atoms with Gasteiger partial charge in [0.15, 0.2) is 0 Å². The van der Waals surface area contributed by atoms with Crippen LogP contribution in [0.1, 0.15) is 25.1 Å². The molecule has 1 heterocycles. The van der Waals surface area contributed by atoms with Crippen LogP contribution in [0.15, 0.2) is 42.6 Å². The molecule has 2 nitrogen and oxygen atoms in total. The van der Waals surface area contributed by atoms with E-state index in [-0.39, 0.29) is 0 Å². The second-order valence-corrected chi connectivity index (χ2v) is 5.23. The Morgan fingerprint density at radius 3 is 2.56 bits per heavy atom. The Balaban J connectivity index is 2.05. The minimum atomic E-state index is 0.504. The van der Waals surface area contributed by atoms with Crippen LogP contribution in [0.3, 0.4) is 0 Å². The Bertz CT molecular complexity index is 485. The topological polar surface area (TPSA) is 17.0 Å². The first-order valence-corrected chi connectivity index (χ1v) is 6.65. The van der Waals surface area contributed by atoms with Crippen molar-refractivity contribution in [1.29, 1.82) is 0 Å². The molecule has 0 aliphatic heterocycles. The maximum Gasteiger partial charge on any atom is 0.0473 e. The number of nitrogens with one attached hydrogen (secondary N) is 1. The van der Waals surface area contributed by atoms with Gasteiger partial charge in [0.05, 0.1) is 0 Å². The van der Waals surface area contributed by atoms with Gasteiger partial charge < -0.3 is 9.88 Å². The third-order valence-electron chi connectivity index (χ3n) is 2.88. The van der Waals surface area contributed by atoms with Crippen LogP contribution in [0.2, 0.25) is 5.02 Å². The third kappa shape index (κ3) is 3.62. The van der Waals surface area contributed by atoms with E-state index < -0.39 is 0 Å². The molecule has 2 rings (SSSR count). The summed E-state index contributed by atoms with van der Waals surface area (Å²) in [6, 6.07) is 12.8. The van der Waals surface area contributed by atoms with E-state index in [0.29, 0.717) is 6.04 Å². The molecular weight excluding hydrogens is 244 g/mol. The lowest BCUT2D eigenvalue weighted by Crippen LogP contribution is -2.23. The van der Waals surface area contributed by atoms with Crippen LogP contribution in [0.25, 0.3) is 0 Å². The van der Waals surface area contributed by atoms with Crippen molar-refractivity contribution in [3.05, 3.63) is 58.9 Å². The summed E-state index contributed by atoms with van der Waals surface area (Å²) in [5.41, 5.74) is 2.57. The van der Waals surface area contributed by atoms with Gasteiger partial charge in [0.25, 0.3) is 0 Å². The molecule has 0 unspecified atom stereocenters. The van der Waals surface area contributed by atoms with E-state index in [1.54, 1.807) is 0 Å². The van der Waals surface area contributed by atoms with E-state index in [9.17, 15) is 0 Å². The second-order valence-electron chi connectivity index (χ2n) is 4.79. The van der Waals surface area contributed by atoms with Crippen LogP contribution in [0.4, 0.5) is 0 Å². The molecule has 0 atom stereocenters. The van der Waals surface area contributed by atoms with Gasteiger partial charge >= 0.3 is 0 Å². The van der Waals surface area contributed by atoms with Gasteiger partial charge in [-0.1, -0.05) is 37.6 Å². The average molecular weight is 263 g/mol. The van der Waals surface area contributed by atoms with Gasteiger partial charge in [-0.25, -0.2) is 0 Å². The molecule has 0 spiro atoms. The fourth-order valence-corrected chi connectivity index (χ4v) is 1.99.